The van der Waals surface area contributed by atoms with Crippen molar-refractivity contribution in [1.82, 2.24) is 14.5 Å². The van der Waals surface area contributed by atoms with E-state index < -0.39 is 17.9 Å². The maximum Gasteiger partial charge on any atom is 0.309 e. The molecular formula is C18H27N3O4. The number of carboxylic acid groups (broad SMARTS) is 1. The van der Waals surface area contributed by atoms with Crippen LogP contribution in [0.1, 0.15) is 56.8 Å². The first-order valence-corrected chi connectivity index (χ1v) is 9.19. The van der Waals surface area contributed by atoms with E-state index in [1.807, 2.05) is 7.05 Å². The molecule has 2 fully saturated rings. The summed E-state index contributed by atoms with van der Waals surface area (Å²) in [4.78, 5) is 30.2. The Kier molecular flexibility index (Phi) is 5.73. The lowest BCUT2D eigenvalue weighted by Gasteiger charge is -2.39. The number of aryl methyl sites for hydroxylation is 1. The second kappa shape index (κ2) is 7.99. The van der Waals surface area contributed by atoms with E-state index in [1.165, 1.54) is 12.8 Å². The van der Waals surface area contributed by atoms with Gasteiger partial charge in [0.15, 0.2) is 0 Å². The van der Waals surface area contributed by atoms with Gasteiger partial charge in [-0.05, 0) is 25.7 Å². The summed E-state index contributed by atoms with van der Waals surface area (Å²) in [6.45, 7) is 1.12. The maximum absolute atomic E-state index is 12.5. The van der Waals surface area contributed by atoms with Gasteiger partial charge in [0.25, 0.3) is 0 Å². The maximum atomic E-state index is 12.5. The molecule has 138 valence electrons. The molecule has 1 amide bonds. The fourth-order valence-corrected chi connectivity index (χ4v) is 4.00. The molecule has 1 aromatic heterocycles. The molecule has 1 saturated heterocycles. The van der Waals surface area contributed by atoms with Crippen LogP contribution in [-0.2, 0) is 21.4 Å². The third kappa shape index (κ3) is 4.03. The molecule has 0 radical (unpaired) electrons. The predicted octanol–water partition coefficient (Wildman–Crippen LogP) is 2.13. The molecule has 25 heavy (non-hydrogen) atoms. The van der Waals surface area contributed by atoms with E-state index in [0.717, 1.165) is 19.3 Å². The lowest BCUT2D eigenvalue weighted by atomic mass is 9.88. The number of nitrogens with zero attached hydrogens (tertiary/aromatic N) is 3. The minimum Gasteiger partial charge on any atom is -0.481 e. The largest absolute Gasteiger partial charge is 0.481 e. The molecule has 1 aromatic rings. The van der Waals surface area contributed by atoms with E-state index in [9.17, 15) is 14.7 Å². The highest BCUT2D eigenvalue weighted by Gasteiger charge is 2.42. The van der Waals surface area contributed by atoms with Gasteiger partial charge in [-0.25, -0.2) is 4.98 Å². The first kappa shape index (κ1) is 17.9. The highest BCUT2D eigenvalue weighted by atomic mass is 16.5. The number of aromatic nitrogens is 2. The van der Waals surface area contributed by atoms with Crippen molar-refractivity contribution in [2.75, 3.05) is 13.2 Å². The van der Waals surface area contributed by atoms with Crippen LogP contribution in [0.25, 0.3) is 0 Å². The lowest BCUT2D eigenvalue weighted by molar-refractivity contribution is -0.152. The number of carbonyl (C=O) groups excluding carboxylic acids is 1. The Hall–Kier alpha value is -1.89. The van der Waals surface area contributed by atoms with Gasteiger partial charge in [0.2, 0.25) is 5.91 Å². The fourth-order valence-electron chi connectivity index (χ4n) is 4.00. The van der Waals surface area contributed by atoms with Crippen LogP contribution in [-0.4, -0.2) is 50.7 Å². The third-order valence-corrected chi connectivity index (χ3v) is 5.35. The highest BCUT2D eigenvalue weighted by molar-refractivity contribution is 5.81. The summed E-state index contributed by atoms with van der Waals surface area (Å²) in [5, 5.41) is 9.62. The molecule has 1 aliphatic carbocycles. The van der Waals surface area contributed by atoms with Crippen LogP contribution in [0.2, 0.25) is 0 Å². The molecule has 0 unspecified atom stereocenters. The smallest absolute Gasteiger partial charge is 0.309 e. The zero-order valence-corrected chi connectivity index (χ0v) is 14.8. The summed E-state index contributed by atoms with van der Waals surface area (Å²) in [5.41, 5.74) is 0. The van der Waals surface area contributed by atoms with Crippen molar-refractivity contribution in [1.29, 1.82) is 0 Å². The van der Waals surface area contributed by atoms with E-state index in [0.29, 0.717) is 31.5 Å². The average Bonchev–Trinajstić information content (AvgIpc) is 3.23. The zero-order chi connectivity index (χ0) is 17.8. The van der Waals surface area contributed by atoms with Crippen LogP contribution in [0.3, 0.4) is 0 Å². The third-order valence-electron chi connectivity index (χ3n) is 5.35. The van der Waals surface area contributed by atoms with E-state index in [1.54, 1.807) is 21.9 Å². The van der Waals surface area contributed by atoms with Gasteiger partial charge in [-0.2, -0.15) is 0 Å². The van der Waals surface area contributed by atoms with E-state index in [-0.39, 0.29) is 12.3 Å². The summed E-state index contributed by atoms with van der Waals surface area (Å²) in [7, 11) is 1.84. The molecule has 3 rings (SSSR count). The van der Waals surface area contributed by atoms with Gasteiger partial charge in [0.1, 0.15) is 11.9 Å². The quantitative estimate of drug-likeness (QED) is 0.762. The Morgan fingerprint density at radius 1 is 1.36 bits per heavy atom. The van der Waals surface area contributed by atoms with Gasteiger partial charge < -0.3 is 19.3 Å². The van der Waals surface area contributed by atoms with Gasteiger partial charge in [0, 0.05) is 39.0 Å². The summed E-state index contributed by atoms with van der Waals surface area (Å²) in [6, 6.07) is -0.509. The van der Waals surface area contributed by atoms with Gasteiger partial charge in [0.05, 0.1) is 12.0 Å². The van der Waals surface area contributed by atoms with Gasteiger partial charge in [-0.3, -0.25) is 9.59 Å². The standard InChI is InChI=1S/C18H27N3O4/c1-20-11-9-19-17(20)16-14(18(23)24)7-8-15(22)21(16)10-4-12-25-13-5-2-3-6-13/h9,11,13-14,16H,2-8,10,12H2,1H3,(H,23,24)/t14-,16-/m1/s1. The molecule has 7 heteroatoms. The van der Waals surface area contributed by atoms with Gasteiger partial charge >= 0.3 is 5.97 Å². The van der Waals surface area contributed by atoms with E-state index >= 15 is 0 Å². The Morgan fingerprint density at radius 2 is 2.12 bits per heavy atom. The highest BCUT2D eigenvalue weighted by Crippen LogP contribution is 2.36. The number of hydrogen-bond acceptors (Lipinski definition) is 4. The molecule has 2 atom stereocenters. The van der Waals surface area contributed by atoms with Crippen molar-refractivity contribution in [3.63, 3.8) is 0 Å². The number of imidazole rings is 1. The van der Waals surface area contributed by atoms with E-state index in [4.69, 9.17) is 4.74 Å². The van der Waals surface area contributed by atoms with Crippen molar-refractivity contribution < 1.29 is 19.4 Å². The number of carboxylic acids is 1. The van der Waals surface area contributed by atoms with Gasteiger partial charge in [-0.1, -0.05) is 12.8 Å². The van der Waals surface area contributed by atoms with Crippen molar-refractivity contribution in [3.8, 4) is 0 Å². The normalized spacial score (nSPS) is 24.8. The molecule has 1 N–H and O–H groups in total. The Bertz CT molecular complexity index is 609. The number of piperidine rings is 1. The first-order valence-electron chi connectivity index (χ1n) is 9.19. The van der Waals surface area contributed by atoms with Crippen LogP contribution in [0.4, 0.5) is 0 Å². The Labute approximate surface area is 148 Å². The Balaban J connectivity index is 1.67. The van der Waals surface area contributed by atoms with Crippen LogP contribution in [0.5, 0.6) is 0 Å². The van der Waals surface area contributed by atoms with Crippen molar-refractivity contribution in [3.05, 3.63) is 18.2 Å². The monoisotopic (exact) mass is 349 g/mol. The molecule has 7 nitrogen and oxygen atoms in total. The minimum absolute atomic E-state index is 0.00589. The number of carbonyl (C=O) groups is 2. The fraction of sp³-hybridized carbons (Fsp3) is 0.722. The number of amides is 1. The number of aliphatic carboxylic acids is 1. The number of rotatable bonds is 7. The molecule has 1 saturated carbocycles. The first-order chi connectivity index (χ1) is 12.1. The second-order valence-electron chi connectivity index (χ2n) is 7.04. The van der Waals surface area contributed by atoms with Crippen LogP contribution < -0.4 is 0 Å². The number of likely N-dealkylation sites (tertiary alicyclic amines) is 1. The SMILES string of the molecule is Cn1ccnc1[C@H]1[C@H](C(=O)O)CCC(=O)N1CCCOC1CCCC1. The molecule has 1 aliphatic heterocycles. The summed E-state index contributed by atoms with van der Waals surface area (Å²) < 4.78 is 7.68. The molecule has 2 aliphatic rings. The minimum atomic E-state index is -0.868. The molecule has 0 aromatic carbocycles. The Morgan fingerprint density at radius 3 is 2.76 bits per heavy atom. The van der Waals surface area contributed by atoms with Crippen LogP contribution in [0, 0.1) is 5.92 Å². The second-order valence-corrected chi connectivity index (χ2v) is 7.04. The van der Waals surface area contributed by atoms with Gasteiger partial charge in [-0.15, -0.1) is 0 Å². The van der Waals surface area contributed by atoms with Crippen molar-refractivity contribution in [2.24, 2.45) is 13.0 Å². The van der Waals surface area contributed by atoms with Crippen molar-refractivity contribution >= 4 is 11.9 Å². The van der Waals surface area contributed by atoms with Crippen molar-refractivity contribution in [2.45, 2.75) is 57.1 Å². The average molecular weight is 349 g/mol. The molecular weight excluding hydrogens is 322 g/mol. The molecule has 2 heterocycles. The predicted molar refractivity (Wildman–Crippen MR) is 90.8 cm³/mol. The molecule has 0 bridgehead atoms. The zero-order valence-electron chi connectivity index (χ0n) is 14.8. The summed E-state index contributed by atoms with van der Waals surface area (Å²) in [6.07, 6.45) is 9.86. The number of ether oxygens (including phenoxy) is 1. The number of hydrogen-bond donors (Lipinski definition) is 1. The van der Waals surface area contributed by atoms with Crippen LogP contribution in [0.15, 0.2) is 12.4 Å². The van der Waals surface area contributed by atoms with Crippen LogP contribution >= 0.6 is 0 Å². The summed E-state index contributed by atoms with van der Waals surface area (Å²) in [5.74, 6) is -0.842. The topological polar surface area (TPSA) is 84.7 Å². The van der Waals surface area contributed by atoms with E-state index in [2.05, 4.69) is 4.98 Å². The molecule has 0 spiro atoms. The lowest BCUT2D eigenvalue weighted by Crippen LogP contribution is -2.46. The summed E-state index contributed by atoms with van der Waals surface area (Å²) >= 11 is 0.